The Kier molecular flexibility index (Phi) is 7.52. The van der Waals surface area contributed by atoms with Gasteiger partial charge >= 0.3 is 12.1 Å². The molecule has 1 amide bonds. The second kappa shape index (κ2) is 8.16. The molecule has 0 saturated heterocycles. The van der Waals surface area contributed by atoms with Crippen molar-refractivity contribution in [2.24, 2.45) is 5.92 Å². The first-order valence-electron chi connectivity index (χ1n) is 7.53. The lowest BCUT2D eigenvalue weighted by Crippen LogP contribution is -2.52. The SMILES string of the molecule is CC(C#N)CN(C(=O)OC(C)(C)C)[C@@H](CO)C(=O)OC(C)(C)C. The first-order valence-corrected chi connectivity index (χ1v) is 7.53. The molecule has 0 aliphatic heterocycles. The number of carbonyl (C=O) groups excluding carboxylic acids is 2. The van der Waals surface area contributed by atoms with Gasteiger partial charge in [-0.05, 0) is 48.5 Å². The number of ether oxygens (including phenoxy) is 2. The summed E-state index contributed by atoms with van der Waals surface area (Å²) in [5.41, 5.74) is -1.52. The molecule has 7 nitrogen and oxygen atoms in total. The molecule has 2 atom stereocenters. The number of nitrogens with zero attached hydrogens (tertiary/aromatic N) is 2. The van der Waals surface area contributed by atoms with Gasteiger partial charge in [-0.1, -0.05) is 0 Å². The third-order valence-electron chi connectivity index (χ3n) is 2.55. The van der Waals surface area contributed by atoms with E-state index in [1.165, 1.54) is 0 Å². The highest BCUT2D eigenvalue weighted by atomic mass is 16.6. The van der Waals surface area contributed by atoms with Crippen molar-refractivity contribution in [2.75, 3.05) is 13.2 Å². The van der Waals surface area contributed by atoms with Gasteiger partial charge in [0.05, 0.1) is 18.6 Å². The Hall–Kier alpha value is -1.81. The zero-order chi connectivity index (χ0) is 18.4. The molecule has 0 rings (SSSR count). The van der Waals surface area contributed by atoms with Crippen LogP contribution in [-0.4, -0.2) is 52.5 Å². The number of aliphatic hydroxyl groups is 1. The van der Waals surface area contributed by atoms with Crippen molar-refractivity contribution in [3.8, 4) is 6.07 Å². The van der Waals surface area contributed by atoms with Crippen LogP contribution < -0.4 is 0 Å². The normalized spacial score (nSPS) is 14.4. The van der Waals surface area contributed by atoms with E-state index in [9.17, 15) is 14.7 Å². The minimum Gasteiger partial charge on any atom is -0.458 e. The molecule has 0 aliphatic carbocycles. The average molecular weight is 328 g/mol. The number of amides is 1. The fourth-order valence-electron chi connectivity index (χ4n) is 1.66. The van der Waals surface area contributed by atoms with Gasteiger partial charge in [0.2, 0.25) is 0 Å². The van der Waals surface area contributed by atoms with Crippen LogP contribution in [0.5, 0.6) is 0 Å². The first kappa shape index (κ1) is 21.2. The summed E-state index contributed by atoms with van der Waals surface area (Å²) in [6.07, 6.45) is -0.774. The van der Waals surface area contributed by atoms with Gasteiger partial charge in [0.1, 0.15) is 11.2 Å². The summed E-state index contributed by atoms with van der Waals surface area (Å²) in [6.45, 7) is 11.1. The van der Waals surface area contributed by atoms with Crippen molar-refractivity contribution in [3.63, 3.8) is 0 Å². The number of nitriles is 1. The summed E-state index contributed by atoms with van der Waals surface area (Å²) in [4.78, 5) is 25.7. The molecule has 0 fully saturated rings. The van der Waals surface area contributed by atoms with Gasteiger partial charge in [0.15, 0.2) is 6.04 Å². The Morgan fingerprint density at radius 1 is 1.13 bits per heavy atom. The van der Waals surface area contributed by atoms with Crippen LogP contribution in [-0.2, 0) is 14.3 Å². The van der Waals surface area contributed by atoms with E-state index in [1.807, 2.05) is 6.07 Å². The third-order valence-corrected chi connectivity index (χ3v) is 2.55. The highest BCUT2D eigenvalue weighted by Crippen LogP contribution is 2.17. The number of rotatable bonds is 5. The predicted molar refractivity (Wildman–Crippen MR) is 84.4 cm³/mol. The maximum atomic E-state index is 12.4. The van der Waals surface area contributed by atoms with Crippen LogP contribution in [0.25, 0.3) is 0 Å². The molecular formula is C16H28N2O5. The Labute approximate surface area is 138 Å². The third kappa shape index (κ3) is 8.41. The van der Waals surface area contributed by atoms with Crippen LogP contribution in [0.15, 0.2) is 0 Å². The van der Waals surface area contributed by atoms with E-state index in [0.717, 1.165) is 4.90 Å². The van der Waals surface area contributed by atoms with E-state index in [1.54, 1.807) is 48.5 Å². The van der Waals surface area contributed by atoms with Gasteiger partial charge in [-0.3, -0.25) is 4.90 Å². The highest BCUT2D eigenvalue weighted by molar-refractivity contribution is 5.82. The van der Waals surface area contributed by atoms with Crippen molar-refractivity contribution in [1.29, 1.82) is 5.26 Å². The number of carbonyl (C=O) groups is 2. The topological polar surface area (TPSA) is 99.9 Å². The highest BCUT2D eigenvalue weighted by Gasteiger charge is 2.36. The minimum atomic E-state index is -1.22. The lowest BCUT2D eigenvalue weighted by atomic mass is 10.1. The van der Waals surface area contributed by atoms with Gasteiger partial charge in [0, 0.05) is 6.54 Å². The number of aliphatic hydroxyl groups excluding tert-OH is 1. The zero-order valence-corrected chi connectivity index (χ0v) is 15.0. The van der Waals surface area contributed by atoms with E-state index in [0.29, 0.717) is 0 Å². The molecule has 0 saturated carbocycles. The Bertz CT molecular complexity index is 457. The molecule has 0 bridgehead atoms. The summed E-state index contributed by atoms with van der Waals surface area (Å²) in [5, 5.41) is 18.5. The van der Waals surface area contributed by atoms with E-state index in [-0.39, 0.29) is 6.54 Å². The molecule has 1 unspecified atom stereocenters. The van der Waals surface area contributed by atoms with E-state index >= 15 is 0 Å². The second-order valence-corrected chi connectivity index (χ2v) is 7.39. The van der Waals surface area contributed by atoms with Crippen LogP contribution in [0.3, 0.4) is 0 Å². The Balaban J connectivity index is 5.40. The molecule has 0 aromatic heterocycles. The molecule has 0 aromatic rings. The Morgan fingerprint density at radius 3 is 1.96 bits per heavy atom. The summed E-state index contributed by atoms with van der Waals surface area (Å²) >= 11 is 0. The van der Waals surface area contributed by atoms with E-state index in [2.05, 4.69) is 0 Å². The fraction of sp³-hybridized carbons (Fsp3) is 0.812. The van der Waals surface area contributed by atoms with E-state index < -0.39 is 41.8 Å². The van der Waals surface area contributed by atoms with Crippen molar-refractivity contribution in [3.05, 3.63) is 0 Å². The predicted octanol–water partition coefficient (Wildman–Crippen LogP) is 2.09. The molecule has 0 radical (unpaired) electrons. The van der Waals surface area contributed by atoms with Crippen molar-refractivity contribution < 1.29 is 24.2 Å². The maximum Gasteiger partial charge on any atom is 0.411 e. The fourth-order valence-corrected chi connectivity index (χ4v) is 1.66. The number of hydrogen-bond donors (Lipinski definition) is 1. The maximum absolute atomic E-state index is 12.4. The van der Waals surface area contributed by atoms with Crippen molar-refractivity contribution in [1.82, 2.24) is 4.90 Å². The van der Waals surface area contributed by atoms with Gasteiger partial charge < -0.3 is 14.6 Å². The molecule has 0 aliphatic rings. The van der Waals surface area contributed by atoms with Crippen molar-refractivity contribution >= 4 is 12.1 Å². The smallest absolute Gasteiger partial charge is 0.411 e. The van der Waals surface area contributed by atoms with Crippen LogP contribution in [0.2, 0.25) is 0 Å². The van der Waals surface area contributed by atoms with Gasteiger partial charge in [-0.2, -0.15) is 5.26 Å². The first-order chi connectivity index (χ1) is 10.3. The molecule has 7 heteroatoms. The molecule has 23 heavy (non-hydrogen) atoms. The lowest BCUT2D eigenvalue weighted by Gasteiger charge is -2.33. The largest absolute Gasteiger partial charge is 0.458 e. The molecule has 132 valence electrons. The standard InChI is InChI=1S/C16H28N2O5/c1-11(8-17)9-18(14(21)23-16(5,6)7)12(10-19)13(20)22-15(2,3)4/h11-12,19H,9-10H2,1-7H3/t11?,12-/m0/s1. The molecule has 0 spiro atoms. The monoisotopic (exact) mass is 328 g/mol. The summed E-state index contributed by atoms with van der Waals surface area (Å²) in [5.74, 6) is -1.27. The quantitative estimate of drug-likeness (QED) is 0.776. The zero-order valence-electron chi connectivity index (χ0n) is 15.0. The summed E-state index contributed by atoms with van der Waals surface area (Å²) in [6, 6.07) is 0.774. The second-order valence-electron chi connectivity index (χ2n) is 7.39. The summed E-state index contributed by atoms with van der Waals surface area (Å²) < 4.78 is 10.5. The molecule has 0 aromatic carbocycles. The van der Waals surface area contributed by atoms with Gasteiger partial charge in [0.25, 0.3) is 0 Å². The average Bonchev–Trinajstić information content (AvgIpc) is 2.33. The number of hydrogen-bond acceptors (Lipinski definition) is 6. The number of esters is 1. The van der Waals surface area contributed by atoms with Gasteiger partial charge in [-0.25, -0.2) is 9.59 Å². The van der Waals surface area contributed by atoms with E-state index in [4.69, 9.17) is 14.7 Å². The molecule has 0 heterocycles. The van der Waals surface area contributed by atoms with Crippen molar-refractivity contribution in [2.45, 2.75) is 65.7 Å². The molecular weight excluding hydrogens is 300 g/mol. The van der Waals surface area contributed by atoms with Crippen LogP contribution >= 0.6 is 0 Å². The minimum absolute atomic E-state index is 0.0458. The van der Waals surface area contributed by atoms with Gasteiger partial charge in [-0.15, -0.1) is 0 Å². The summed E-state index contributed by atoms with van der Waals surface area (Å²) in [7, 11) is 0. The Morgan fingerprint density at radius 2 is 1.61 bits per heavy atom. The lowest BCUT2D eigenvalue weighted by molar-refractivity contribution is -0.162. The van der Waals surface area contributed by atoms with Crippen LogP contribution in [0, 0.1) is 17.2 Å². The van der Waals surface area contributed by atoms with Crippen LogP contribution in [0.1, 0.15) is 48.5 Å². The van der Waals surface area contributed by atoms with Crippen LogP contribution in [0.4, 0.5) is 4.79 Å². The molecule has 1 N–H and O–H groups in total.